The van der Waals surface area contributed by atoms with E-state index < -0.39 is 103 Å². The highest BCUT2D eigenvalue weighted by molar-refractivity contribution is 6.21. The minimum absolute atomic E-state index is 0.386. The number of hydrogen-bond donors (Lipinski definition) is 10. The lowest BCUT2D eigenvalue weighted by Gasteiger charge is -2.59. The summed E-state index contributed by atoms with van der Waals surface area (Å²) >= 11 is 17.8. The normalized spacial score (nSPS) is 55.3. The van der Waals surface area contributed by atoms with E-state index in [4.69, 9.17) is 53.8 Å². The molecule has 35 heavy (non-hydrogen) atoms. The minimum atomic E-state index is -3.46. The fraction of sp³-hybridized carbons (Fsp3) is 1.00. The highest BCUT2D eigenvalue weighted by Crippen LogP contribution is 2.50. The number of halogens is 3. The third-order valence-corrected chi connectivity index (χ3v) is 7.75. The van der Waals surface area contributed by atoms with Gasteiger partial charge in [0.2, 0.25) is 5.79 Å². The van der Waals surface area contributed by atoms with E-state index in [-0.39, 0.29) is 5.88 Å². The molecule has 0 radical (unpaired) electrons. The van der Waals surface area contributed by atoms with Crippen molar-refractivity contribution < 1.29 is 70.0 Å². The largest absolute Gasteiger partial charge is 0.394 e. The van der Waals surface area contributed by atoms with E-state index >= 15 is 0 Å². The maximum absolute atomic E-state index is 11.6. The van der Waals surface area contributed by atoms with Gasteiger partial charge in [-0.25, -0.2) is 0 Å². The quantitative estimate of drug-likeness (QED) is 0.128. The highest BCUT2D eigenvalue weighted by atomic mass is 35.5. The zero-order chi connectivity index (χ0) is 26.5. The molecule has 0 aromatic carbocycles. The van der Waals surface area contributed by atoms with Crippen LogP contribution >= 0.6 is 34.8 Å². The van der Waals surface area contributed by atoms with Gasteiger partial charge in [-0.2, -0.15) is 0 Å². The Labute approximate surface area is 213 Å². The third kappa shape index (κ3) is 4.49. The van der Waals surface area contributed by atoms with Crippen molar-refractivity contribution in [2.24, 2.45) is 0 Å². The Balaban J connectivity index is 2.21. The van der Waals surface area contributed by atoms with Gasteiger partial charge < -0.3 is 70.0 Å². The lowest BCUT2D eigenvalue weighted by atomic mass is 9.80. The maximum Gasteiger partial charge on any atom is 0.258 e. The Bertz CT molecular complexity index is 737. The van der Waals surface area contributed by atoms with E-state index in [0.29, 0.717) is 0 Å². The van der Waals surface area contributed by atoms with Gasteiger partial charge in [-0.3, -0.25) is 0 Å². The molecule has 0 saturated carbocycles. The molecule has 206 valence electrons. The lowest BCUT2D eigenvalue weighted by molar-refractivity contribution is -0.520. The minimum Gasteiger partial charge on any atom is -0.394 e. The standard InChI is InChI=1S/C18H29Cl3O14/c19-1-5-10(25)13(28)16(4-20,32-5)35-18(15(30)11(26)8(21)6(2-22)34-18)17(31)14(29)12(27)9(24)7(3-23)33-17/h5-15,22-31H,1-4H2/t5-,6-,7-,8+,9+,10?,11+,12+,13?,14-,15-,16+,17+,18+/m1/s1. The van der Waals surface area contributed by atoms with Gasteiger partial charge in [0, 0.05) is 0 Å². The van der Waals surface area contributed by atoms with Gasteiger partial charge in [0.15, 0.2) is 0 Å². The van der Waals surface area contributed by atoms with Crippen molar-refractivity contribution >= 4 is 34.8 Å². The van der Waals surface area contributed by atoms with Gasteiger partial charge in [-0.1, -0.05) is 0 Å². The van der Waals surface area contributed by atoms with E-state index in [0.717, 1.165) is 0 Å². The van der Waals surface area contributed by atoms with Gasteiger partial charge in [-0.15, -0.1) is 34.8 Å². The predicted octanol–water partition coefficient (Wildman–Crippen LogP) is -5.12. The molecule has 0 spiro atoms. The molecule has 3 rings (SSSR count). The smallest absolute Gasteiger partial charge is 0.258 e. The van der Waals surface area contributed by atoms with E-state index in [1.165, 1.54) is 0 Å². The molecule has 3 aliphatic heterocycles. The zero-order valence-electron chi connectivity index (χ0n) is 17.9. The molecule has 17 heteroatoms. The van der Waals surface area contributed by atoms with Crippen molar-refractivity contribution in [3.05, 3.63) is 0 Å². The summed E-state index contributed by atoms with van der Waals surface area (Å²) in [5, 5.41) is 103. The summed E-state index contributed by atoms with van der Waals surface area (Å²) in [6.07, 6.45) is -19.8. The Morgan fingerprint density at radius 1 is 0.686 bits per heavy atom. The molecule has 0 aliphatic carbocycles. The second-order valence-corrected chi connectivity index (χ2v) is 9.72. The first-order valence-corrected chi connectivity index (χ1v) is 12.0. The monoisotopic (exact) mass is 574 g/mol. The van der Waals surface area contributed by atoms with Crippen LogP contribution < -0.4 is 0 Å². The third-order valence-electron chi connectivity index (χ3n) is 6.53. The first kappa shape index (κ1) is 29.9. The van der Waals surface area contributed by atoms with Gasteiger partial charge in [0.05, 0.1) is 30.4 Å². The van der Waals surface area contributed by atoms with Crippen LogP contribution in [0, 0.1) is 0 Å². The van der Waals surface area contributed by atoms with Crippen LogP contribution in [0.4, 0.5) is 0 Å². The van der Waals surface area contributed by atoms with Crippen molar-refractivity contribution in [2.75, 3.05) is 25.0 Å². The van der Waals surface area contributed by atoms with Crippen molar-refractivity contribution in [2.45, 2.75) is 83.8 Å². The molecule has 3 fully saturated rings. The summed E-state index contributed by atoms with van der Waals surface area (Å²) in [7, 11) is 0. The molecule has 2 unspecified atom stereocenters. The lowest BCUT2D eigenvalue weighted by Crippen LogP contribution is -2.83. The molecule has 0 bridgehead atoms. The molecule has 3 aliphatic rings. The van der Waals surface area contributed by atoms with E-state index in [1.54, 1.807) is 0 Å². The molecular weight excluding hydrogens is 547 g/mol. The van der Waals surface area contributed by atoms with E-state index in [1.807, 2.05) is 0 Å². The zero-order valence-corrected chi connectivity index (χ0v) is 20.2. The number of aliphatic hydroxyl groups is 10. The van der Waals surface area contributed by atoms with E-state index in [2.05, 4.69) is 0 Å². The first-order valence-electron chi connectivity index (χ1n) is 10.5. The predicted molar refractivity (Wildman–Crippen MR) is 113 cm³/mol. The topological polar surface area (TPSA) is 239 Å². The molecule has 0 aromatic heterocycles. The van der Waals surface area contributed by atoms with Crippen molar-refractivity contribution in [1.29, 1.82) is 0 Å². The Morgan fingerprint density at radius 3 is 1.77 bits per heavy atom. The summed E-state index contributed by atoms with van der Waals surface area (Å²) in [5.41, 5.74) is 0. The molecule has 14 nitrogen and oxygen atoms in total. The maximum atomic E-state index is 11.6. The summed E-state index contributed by atoms with van der Waals surface area (Å²) in [6, 6.07) is 0. The van der Waals surface area contributed by atoms with Crippen LogP contribution in [0.2, 0.25) is 0 Å². The molecule has 0 aromatic rings. The fourth-order valence-corrected chi connectivity index (χ4v) is 5.26. The molecule has 10 N–H and O–H groups in total. The van der Waals surface area contributed by atoms with E-state index in [9.17, 15) is 51.1 Å². The number of rotatable bonds is 7. The number of ether oxygens (including phenoxy) is 4. The van der Waals surface area contributed by atoms with Crippen molar-refractivity contribution in [1.82, 2.24) is 0 Å². The molecule has 0 amide bonds. The summed E-state index contributed by atoms with van der Waals surface area (Å²) in [5.74, 6) is -10.5. The summed E-state index contributed by atoms with van der Waals surface area (Å²) in [4.78, 5) is 0. The average molecular weight is 576 g/mol. The fourth-order valence-electron chi connectivity index (χ4n) is 4.47. The number of aliphatic hydroxyl groups excluding tert-OH is 9. The van der Waals surface area contributed by atoms with Crippen molar-refractivity contribution in [3.63, 3.8) is 0 Å². The number of alkyl halides is 3. The highest BCUT2D eigenvalue weighted by Gasteiger charge is 2.75. The second kappa shape index (κ2) is 10.8. The second-order valence-electron chi connectivity index (χ2n) is 8.64. The van der Waals surface area contributed by atoms with Crippen LogP contribution in [-0.2, 0) is 18.9 Å². The van der Waals surface area contributed by atoms with Crippen LogP contribution in [0.15, 0.2) is 0 Å². The van der Waals surface area contributed by atoms with Gasteiger partial charge in [0.25, 0.3) is 11.6 Å². The van der Waals surface area contributed by atoms with Crippen LogP contribution in [0.5, 0.6) is 0 Å². The van der Waals surface area contributed by atoms with Crippen LogP contribution in [0.3, 0.4) is 0 Å². The van der Waals surface area contributed by atoms with Gasteiger partial charge in [0.1, 0.15) is 61.0 Å². The Hall–Kier alpha value is 0.310. The number of hydrogen-bond acceptors (Lipinski definition) is 14. The van der Waals surface area contributed by atoms with Crippen LogP contribution in [0.25, 0.3) is 0 Å². The summed E-state index contributed by atoms with van der Waals surface area (Å²) < 4.78 is 22.0. The first-order chi connectivity index (χ1) is 16.3. The SMILES string of the molecule is OC[C@H]1O[C@](O)([C@]2(O[C@]3(CCl)O[C@H](CCl)C(O)C3O)O[C@H](CO)[C@H](Cl)[C@H](O)[C@H]2O)[C@H](O)[C@@H](O)[C@H]1O. The summed E-state index contributed by atoms with van der Waals surface area (Å²) in [6.45, 7) is -1.98. The van der Waals surface area contributed by atoms with Crippen molar-refractivity contribution in [3.8, 4) is 0 Å². The average Bonchev–Trinajstić information content (AvgIpc) is 3.10. The molecular formula is C18H29Cl3O14. The van der Waals surface area contributed by atoms with Crippen LogP contribution in [0.1, 0.15) is 0 Å². The molecule has 14 atom stereocenters. The molecule has 3 heterocycles. The van der Waals surface area contributed by atoms with Gasteiger partial charge in [-0.05, 0) is 0 Å². The molecule has 3 saturated heterocycles. The Kier molecular flexibility index (Phi) is 9.23. The van der Waals surface area contributed by atoms with Gasteiger partial charge >= 0.3 is 0 Å². The Morgan fingerprint density at radius 2 is 1.29 bits per heavy atom. The van der Waals surface area contributed by atoms with Crippen LogP contribution in [-0.4, -0.2) is 160 Å².